The lowest BCUT2D eigenvalue weighted by atomic mass is 10.1. The second-order valence-corrected chi connectivity index (χ2v) is 3.84. The molecule has 2 aromatic rings. The van der Waals surface area contributed by atoms with Crippen LogP contribution in [0.3, 0.4) is 0 Å². The molecule has 0 spiro atoms. The fraction of sp³-hybridized carbons (Fsp3) is 0.182. The Hall–Kier alpha value is -1.68. The van der Waals surface area contributed by atoms with Gasteiger partial charge in [-0.05, 0) is 6.07 Å². The molecule has 0 aliphatic carbocycles. The number of phenolic OH excluding ortho intramolecular Hbond substituents is 1. The summed E-state index contributed by atoms with van der Waals surface area (Å²) in [6.07, 6.45) is 1.58. The monoisotopic (exact) mass is 237 g/mol. The number of fused-ring (bicyclic) bond motifs is 3. The average molecular weight is 238 g/mol. The first-order valence-corrected chi connectivity index (χ1v) is 5.21. The molecule has 16 heavy (non-hydrogen) atoms. The summed E-state index contributed by atoms with van der Waals surface area (Å²) < 4.78 is 10.8. The van der Waals surface area contributed by atoms with Crippen molar-refractivity contribution >= 4 is 22.5 Å². The molecule has 0 bridgehead atoms. The van der Waals surface area contributed by atoms with E-state index in [2.05, 4.69) is 4.98 Å². The maximum absolute atomic E-state index is 9.76. The summed E-state index contributed by atoms with van der Waals surface area (Å²) in [5.74, 6) is 0.838. The first-order valence-electron chi connectivity index (χ1n) is 4.83. The molecule has 1 aromatic heterocycles. The quantitative estimate of drug-likeness (QED) is 0.764. The highest BCUT2D eigenvalue weighted by Crippen LogP contribution is 2.46. The SMILES string of the molecule is Oc1cc2nccc(Cl)c2c2c1OCCO2. The van der Waals surface area contributed by atoms with Gasteiger partial charge in [0.05, 0.1) is 15.9 Å². The first kappa shape index (κ1) is 9.54. The predicted octanol–water partition coefficient (Wildman–Crippen LogP) is 2.36. The van der Waals surface area contributed by atoms with E-state index < -0.39 is 0 Å². The van der Waals surface area contributed by atoms with Crippen molar-refractivity contribution in [2.75, 3.05) is 13.2 Å². The minimum Gasteiger partial charge on any atom is -0.504 e. The van der Waals surface area contributed by atoms with Crippen molar-refractivity contribution in [1.82, 2.24) is 4.98 Å². The molecule has 2 heterocycles. The number of aromatic nitrogens is 1. The largest absolute Gasteiger partial charge is 0.504 e. The molecule has 4 nitrogen and oxygen atoms in total. The van der Waals surface area contributed by atoms with Gasteiger partial charge in [-0.1, -0.05) is 11.6 Å². The van der Waals surface area contributed by atoms with E-state index in [9.17, 15) is 5.11 Å². The Morgan fingerprint density at radius 3 is 2.81 bits per heavy atom. The highest BCUT2D eigenvalue weighted by atomic mass is 35.5. The van der Waals surface area contributed by atoms with Crippen molar-refractivity contribution in [3.8, 4) is 17.2 Å². The van der Waals surface area contributed by atoms with Gasteiger partial charge < -0.3 is 14.6 Å². The summed E-state index contributed by atoms with van der Waals surface area (Å²) >= 11 is 6.09. The van der Waals surface area contributed by atoms with E-state index in [0.717, 1.165) is 0 Å². The summed E-state index contributed by atoms with van der Waals surface area (Å²) in [5.41, 5.74) is 0.592. The maximum atomic E-state index is 9.76. The van der Waals surface area contributed by atoms with Gasteiger partial charge in [0.1, 0.15) is 13.2 Å². The summed E-state index contributed by atoms with van der Waals surface area (Å²) in [4.78, 5) is 4.13. The van der Waals surface area contributed by atoms with E-state index in [1.54, 1.807) is 12.3 Å². The zero-order valence-corrected chi connectivity index (χ0v) is 8.99. The number of ether oxygens (including phenoxy) is 2. The lowest BCUT2D eigenvalue weighted by molar-refractivity contribution is 0.168. The highest BCUT2D eigenvalue weighted by Gasteiger charge is 2.21. The van der Waals surface area contributed by atoms with Crippen LogP contribution in [0.1, 0.15) is 0 Å². The van der Waals surface area contributed by atoms with E-state index >= 15 is 0 Å². The number of phenols is 1. The molecule has 0 saturated carbocycles. The molecule has 1 N–H and O–H groups in total. The van der Waals surface area contributed by atoms with Gasteiger partial charge in [-0.25, -0.2) is 0 Å². The van der Waals surface area contributed by atoms with Gasteiger partial charge in [0, 0.05) is 12.3 Å². The second kappa shape index (κ2) is 3.42. The minimum absolute atomic E-state index is 0.0250. The van der Waals surface area contributed by atoms with Crippen molar-refractivity contribution in [3.63, 3.8) is 0 Å². The van der Waals surface area contributed by atoms with Gasteiger partial charge in [-0.3, -0.25) is 4.98 Å². The Morgan fingerprint density at radius 2 is 2.00 bits per heavy atom. The minimum atomic E-state index is 0.0250. The topological polar surface area (TPSA) is 51.6 Å². The zero-order chi connectivity index (χ0) is 11.1. The molecule has 0 saturated heterocycles. The van der Waals surface area contributed by atoms with Gasteiger partial charge in [-0.15, -0.1) is 0 Å². The summed E-state index contributed by atoms with van der Waals surface area (Å²) in [6.45, 7) is 0.862. The molecule has 82 valence electrons. The van der Waals surface area contributed by atoms with Crippen LogP contribution in [0.15, 0.2) is 18.3 Å². The summed E-state index contributed by atoms with van der Waals surface area (Å²) in [5, 5.41) is 11.0. The maximum Gasteiger partial charge on any atom is 0.204 e. The molecule has 1 aromatic carbocycles. The molecular formula is C11H8ClNO3. The summed E-state index contributed by atoms with van der Waals surface area (Å²) in [7, 11) is 0. The van der Waals surface area contributed by atoms with Gasteiger partial charge in [0.25, 0.3) is 0 Å². The van der Waals surface area contributed by atoms with Crippen LogP contribution in [0, 0.1) is 0 Å². The van der Waals surface area contributed by atoms with Crippen molar-refractivity contribution < 1.29 is 14.6 Å². The molecule has 0 radical (unpaired) electrons. The van der Waals surface area contributed by atoms with Crippen LogP contribution >= 0.6 is 11.6 Å². The number of hydrogen-bond acceptors (Lipinski definition) is 4. The smallest absolute Gasteiger partial charge is 0.204 e. The standard InChI is InChI=1S/C11H8ClNO3/c12-6-1-2-13-7-5-8(14)10-11(9(6)7)16-4-3-15-10/h1-2,5,14H,3-4H2. The van der Waals surface area contributed by atoms with Gasteiger partial charge >= 0.3 is 0 Å². The molecule has 3 rings (SSSR count). The fourth-order valence-corrected chi connectivity index (χ4v) is 2.02. The molecule has 1 aliphatic heterocycles. The fourth-order valence-electron chi connectivity index (χ4n) is 1.78. The van der Waals surface area contributed by atoms with E-state index in [-0.39, 0.29) is 5.75 Å². The zero-order valence-electron chi connectivity index (χ0n) is 8.24. The third-order valence-corrected chi connectivity index (χ3v) is 2.76. The van der Waals surface area contributed by atoms with Crippen molar-refractivity contribution in [2.45, 2.75) is 0 Å². The van der Waals surface area contributed by atoms with Crippen molar-refractivity contribution in [3.05, 3.63) is 23.4 Å². The molecule has 5 heteroatoms. The van der Waals surface area contributed by atoms with E-state index in [1.807, 2.05) is 0 Å². The molecule has 0 unspecified atom stereocenters. The Bertz CT molecular complexity index is 571. The van der Waals surface area contributed by atoms with Gasteiger partial charge in [0.15, 0.2) is 11.5 Å². The Morgan fingerprint density at radius 1 is 1.25 bits per heavy atom. The average Bonchev–Trinajstić information content (AvgIpc) is 2.29. The number of halogens is 1. The van der Waals surface area contributed by atoms with Gasteiger partial charge in [-0.2, -0.15) is 0 Å². The summed E-state index contributed by atoms with van der Waals surface area (Å²) in [6, 6.07) is 3.20. The number of nitrogens with zero attached hydrogens (tertiary/aromatic N) is 1. The molecule has 0 amide bonds. The van der Waals surface area contributed by atoms with Crippen LogP contribution in [-0.2, 0) is 0 Å². The van der Waals surface area contributed by atoms with Crippen LogP contribution in [0.2, 0.25) is 5.02 Å². The molecule has 0 fully saturated rings. The van der Waals surface area contributed by atoms with Gasteiger partial charge in [0.2, 0.25) is 5.75 Å². The van der Waals surface area contributed by atoms with Crippen LogP contribution in [0.4, 0.5) is 0 Å². The Balaban J connectivity index is 2.43. The number of hydrogen-bond donors (Lipinski definition) is 1. The van der Waals surface area contributed by atoms with E-state index in [0.29, 0.717) is 40.6 Å². The van der Waals surface area contributed by atoms with E-state index in [1.165, 1.54) is 6.07 Å². The predicted molar refractivity (Wildman–Crippen MR) is 59.4 cm³/mol. The van der Waals surface area contributed by atoms with Crippen LogP contribution in [0.5, 0.6) is 17.2 Å². The van der Waals surface area contributed by atoms with Crippen molar-refractivity contribution in [1.29, 1.82) is 0 Å². The third kappa shape index (κ3) is 1.27. The van der Waals surface area contributed by atoms with E-state index in [4.69, 9.17) is 21.1 Å². The number of pyridine rings is 1. The molecule has 0 atom stereocenters. The normalized spacial score (nSPS) is 14.1. The lowest BCUT2D eigenvalue weighted by Gasteiger charge is -2.21. The van der Waals surface area contributed by atoms with Crippen LogP contribution in [0.25, 0.3) is 10.9 Å². The number of aromatic hydroxyl groups is 1. The Kier molecular flexibility index (Phi) is 2.04. The highest BCUT2D eigenvalue weighted by molar-refractivity contribution is 6.36. The number of rotatable bonds is 0. The Labute approximate surface area is 96.4 Å². The third-order valence-electron chi connectivity index (χ3n) is 2.44. The molecular weight excluding hydrogens is 230 g/mol. The van der Waals surface area contributed by atoms with Crippen LogP contribution in [-0.4, -0.2) is 23.3 Å². The van der Waals surface area contributed by atoms with Crippen molar-refractivity contribution in [2.24, 2.45) is 0 Å². The second-order valence-electron chi connectivity index (χ2n) is 3.44. The first-order chi connectivity index (χ1) is 7.77. The lowest BCUT2D eigenvalue weighted by Crippen LogP contribution is -2.15. The van der Waals surface area contributed by atoms with Crippen LogP contribution < -0.4 is 9.47 Å². The molecule has 1 aliphatic rings. The number of benzene rings is 1.